The normalized spacial score (nSPS) is 11.2. The molecule has 0 saturated carbocycles. The van der Waals surface area contributed by atoms with E-state index in [9.17, 15) is 12.8 Å². The summed E-state index contributed by atoms with van der Waals surface area (Å²) in [6, 6.07) is 9.75. The van der Waals surface area contributed by atoms with Gasteiger partial charge in [0.25, 0.3) is 0 Å². The lowest BCUT2D eigenvalue weighted by atomic mass is 10.1. The molecule has 0 bridgehead atoms. The number of halogens is 1. The molecule has 0 aliphatic carbocycles. The maximum absolute atomic E-state index is 13.5. The van der Waals surface area contributed by atoms with E-state index in [1.807, 2.05) is 0 Å². The van der Waals surface area contributed by atoms with E-state index in [1.165, 1.54) is 12.1 Å². The quantitative estimate of drug-likeness (QED) is 0.772. The number of hydrogen-bond donors (Lipinski definition) is 2. The highest BCUT2D eigenvalue weighted by molar-refractivity contribution is 7.92. The van der Waals surface area contributed by atoms with Gasteiger partial charge in [-0.2, -0.15) is 0 Å². The van der Waals surface area contributed by atoms with Gasteiger partial charge in [-0.15, -0.1) is 10.2 Å². The maximum Gasteiger partial charge on any atom is 0.233 e. The van der Waals surface area contributed by atoms with Gasteiger partial charge in [-0.05, 0) is 36.6 Å². The topological polar surface area (TPSA) is 84.0 Å². The van der Waals surface area contributed by atoms with Crippen LogP contribution in [0, 0.1) is 5.82 Å². The van der Waals surface area contributed by atoms with Gasteiger partial charge in [0.1, 0.15) is 11.6 Å². The van der Waals surface area contributed by atoms with E-state index in [4.69, 9.17) is 0 Å². The Labute approximate surface area is 135 Å². The fraction of sp³-hybridized carbons (Fsp3) is 0.333. The molecule has 8 heteroatoms. The smallest absolute Gasteiger partial charge is 0.233 e. The highest BCUT2D eigenvalue weighted by Gasteiger charge is 2.09. The molecule has 2 rings (SSSR count). The van der Waals surface area contributed by atoms with Crippen molar-refractivity contribution in [2.75, 3.05) is 22.3 Å². The Morgan fingerprint density at radius 2 is 1.78 bits per heavy atom. The van der Waals surface area contributed by atoms with Crippen molar-refractivity contribution >= 4 is 21.7 Å². The Bertz CT molecular complexity index is 735. The Morgan fingerprint density at radius 1 is 1.09 bits per heavy atom. The summed E-state index contributed by atoms with van der Waals surface area (Å²) in [5, 5.41) is 10.7. The minimum Gasteiger partial charge on any atom is -0.368 e. The second-order valence-corrected chi connectivity index (χ2v) is 6.83. The van der Waals surface area contributed by atoms with Crippen LogP contribution < -0.4 is 10.0 Å². The summed E-state index contributed by atoms with van der Waals surface area (Å²) in [5.74, 6) is 0.482. The molecular formula is C15H19FN4O2S. The summed E-state index contributed by atoms with van der Waals surface area (Å²) < 4.78 is 39.1. The number of nitrogens with one attached hydrogen (secondary N) is 2. The second kappa shape index (κ2) is 7.87. The van der Waals surface area contributed by atoms with Crippen LogP contribution in [0.25, 0.3) is 0 Å². The van der Waals surface area contributed by atoms with Gasteiger partial charge in [-0.1, -0.05) is 25.1 Å². The number of rotatable bonds is 8. The number of sulfonamides is 1. The first kappa shape index (κ1) is 17.1. The Morgan fingerprint density at radius 3 is 2.43 bits per heavy atom. The highest BCUT2D eigenvalue weighted by atomic mass is 32.2. The lowest BCUT2D eigenvalue weighted by molar-refractivity contribution is 0.599. The van der Waals surface area contributed by atoms with Crippen LogP contribution in [0.4, 0.5) is 16.0 Å². The van der Waals surface area contributed by atoms with Crippen LogP contribution in [0.2, 0.25) is 0 Å². The predicted molar refractivity (Wildman–Crippen MR) is 88.3 cm³/mol. The predicted octanol–water partition coefficient (Wildman–Crippen LogP) is 2.42. The van der Waals surface area contributed by atoms with Gasteiger partial charge in [0.05, 0.1) is 5.75 Å². The SMILES string of the molecule is CCCS(=O)(=O)Nc1ccc(NCCc2ccccc2F)nn1. The van der Waals surface area contributed by atoms with E-state index < -0.39 is 10.0 Å². The summed E-state index contributed by atoms with van der Waals surface area (Å²) in [5.41, 5.74) is 0.622. The van der Waals surface area contributed by atoms with E-state index in [0.29, 0.717) is 30.8 Å². The fourth-order valence-electron chi connectivity index (χ4n) is 1.99. The molecule has 0 unspecified atom stereocenters. The van der Waals surface area contributed by atoms with E-state index >= 15 is 0 Å². The molecule has 2 N–H and O–H groups in total. The van der Waals surface area contributed by atoms with Crippen molar-refractivity contribution in [3.05, 3.63) is 47.8 Å². The van der Waals surface area contributed by atoms with E-state index in [1.54, 1.807) is 31.2 Å². The van der Waals surface area contributed by atoms with Crippen LogP contribution in [0.1, 0.15) is 18.9 Å². The Hall–Kier alpha value is -2.22. The zero-order valence-corrected chi connectivity index (χ0v) is 13.6. The van der Waals surface area contributed by atoms with Gasteiger partial charge < -0.3 is 5.32 Å². The van der Waals surface area contributed by atoms with Crippen molar-refractivity contribution in [3.8, 4) is 0 Å². The third kappa shape index (κ3) is 5.48. The molecule has 0 atom stereocenters. The van der Waals surface area contributed by atoms with Gasteiger partial charge in [0.2, 0.25) is 10.0 Å². The Kier molecular flexibility index (Phi) is 5.86. The van der Waals surface area contributed by atoms with Crippen LogP contribution in [0.3, 0.4) is 0 Å². The van der Waals surface area contributed by atoms with E-state index in [0.717, 1.165) is 0 Å². The van der Waals surface area contributed by atoms with Crippen molar-refractivity contribution in [1.82, 2.24) is 10.2 Å². The molecule has 0 amide bonds. The molecule has 6 nitrogen and oxygen atoms in total. The molecule has 0 aliphatic rings. The van der Waals surface area contributed by atoms with Crippen molar-refractivity contribution in [2.45, 2.75) is 19.8 Å². The summed E-state index contributed by atoms with van der Waals surface area (Å²) in [4.78, 5) is 0. The van der Waals surface area contributed by atoms with Crippen molar-refractivity contribution in [2.24, 2.45) is 0 Å². The number of nitrogens with zero attached hydrogens (tertiary/aromatic N) is 2. The van der Waals surface area contributed by atoms with Crippen molar-refractivity contribution in [3.63, 3.8) is 0 Å². The summed E-state index contributed by atoms with van der Waals surface area (Å²) >= 11 is 0. The number of benzene rings is 1. The minimum absolute atomic E-state index is 0.0390. The van der Waals surface area contributed by atoms with Gasteiger partial charge in [-0.3, -0.25) is 4.72 Å². The van der Waals surface area contributed by atoms with Gasteiger partial charge in [0.15, 0.2) is 5.82 Å². The first-order valence-electron chi connectivity index (χ1n) is 7.31. The summed E-state index contributed by atoms with van der Waals surface area (Å²) in [6.07, 6.45) is 1.04. The third-order valence-corrected chi connectivity index (χ3v) is 4.52. The largest absolute Gasteiger partial charge is 0.368 e. The second-order valence-electron chi connectivity index (χ2n) is 4.99. The average Bonchev–Trinajstić information content (AvgIpc) is 2.50. The lowest BCUT2D eigenvalue weighted by Gasteiger charge is -2.08. The fourth-order valence-corrected chi connectivity index (χ4v) is 3.05. The third-order valence-electron chi connectivity index (χ3n) is 3.06. The molecule has 1 aromatic heterocycles. The van der Waals surface area contributed by atoms with Crippen LogP contribution in [0.15, 0.2) is 36.4 Å². The number of hydrogen-bond acceptors (Lipinski definition) is 5. The van der Waals surface area contributed by atoms with Gasteiger partial charge >= 0.3 is 0 Å². The Balaban J connectivity index is 1.87. The molecule has 23 heavy (non-hydrogen) atoms. The summed E-state index contributed by atoms with van der Waals surface area (Å²) in [6.45, 7) is 2.28. The zero-order chi connectivity index (χ0) is 16.7. The average molecular weight is 338 g/mol. The monoisotopic (exact) mass is 338 g/mol. The molecule has 1 heterocycles. The molecule has 1 aromatic carbocycles. The molecule has 124 valence electrons. The number of anilines is 2. The van der Waals surface area contributed by atoms with Crippen LogP contribution in [0.5, 0.6) is 0 Å². The van der Waals surface area contributed by atoms with Crippen LogP contribution in [-0.4, -0.2) is 30.9 Å². The maximum atomic E-state index is 13.5. The van der Waals surface area contributed by atoms with Gasteiger partial charge in [0, 0.05) is 6.54 Å². The zero-order valence-electron chi connectivity index (χ0n) is 12.8. The highest BCUT2D eigenvalue weighted by Crippen LogP contribution is 2.10. The molecule has 0 saturated heterocycles. The molecule has 0 spiro atoms. The number of aromatic nitrogens is 2. The molecule has 0 aliphatic heterocycles. The molecule has 0 fully saturated rings. The standard InChI is InChI=1S/C15H19FN4O2S/c1-2-11-23(21,22)20-15-8-7-14(18-19-15)17-10-9-12-5-3-4-6-13(12)16/h3-8H,2,9-11H2,1H3,(H,17,18)(H,19,20). The van der Waals surface area contributed by atoms with Crippen LogP contribution in [-0.2, 0) is 16.4 Å². The molecular weight excluding hydrogens is 319 g/mol. The van der Waals surface area contributed by atoms with Crippen molar-refractivity contribution in [1.29, 1.82) is 0 Å². The molecule has 0 radical (unpaired) electrons. The molecule has 2 aromatic rings. The lowest BCUT2D eigenvalue weighted by Crippen LogP contribution is -2.17. The van der Waals surface area contributed by atoms with Gasteiger partial charge in [-0.25, -0.2) is 12.8 Å². The minimum atomic E-state index is -3.37. The first-order chi connectivity index (χ1) is 11.0. The first-order valence-corrected chi connectivity index (χ1v) is 8.97. The van der Waals surface area contributed by atoms with Crippen molar-refractivity contribution < 1.29 is 12.8 Å². The van der Waals surface area contributed by atoms with Crippen LogP contribution >= 0.6 is 0 Å². The van der Waals surface area contributed by atoms with E-state index in [2.05, 4.69) is 20.2 Å². The summed E-state index contributed by atoms with van der Waals surface area (Å²) in [7, 11) is -3.37. The van der Waals surface area contributed by atoms with E-state index in [-0.39, 0.29) is 17.4 Å².